The fourth-order valence-corrected chi connectivity index (χ4v) is 2.40. The number of nitro benzene ring substituents is 1. The number of anilines is 1. The monoisotopic (exact) mass is 343 g/mol. The average Bonchev–Trinajstić information content (AvgIpc) is 2.85. The number of phenolic OH excluding ortho intramolecular Hbond substituents is 1. The van der Waals surface area contributed by atoms with Crippen molar-refractivity contribution in [3.8, 4) is 5.75 Å². The van der Waals surface area contributed by atoms with Crippen molar-refractivity contribution in [3.63, 3.8) is 0 Å². The second kappa shape index (κ2) is 6.11. The van der Waals surface area contributed by atoms with Crippen molar-refractivity contribution >= 4 is 28.4 Å². The topological polar surface area (TPSA) is 128 Å². The Labute approximate surface area is 140 Å². The number of nitro groups is 1. The number of rotatable bonds is 4. The molecule has 0 bridgehead atoms. The molecule has 0 spiro atoms. The second-order valence-corrected chi connectivity index (χ2v) is 5.43. The van der Waals surface area contributed by atoms with Gasteiger partial charge < -0.3 is 14.8 Å². The molecule has 1 amide bonds. The van der Waals surface area contributed by atoms with Gasteiger partial charge in [-0.3, -0.25) is 19.5 Å². The maximum absolute atomic E-state index is 12.2. The lowest BCUT2D eigenvalue weighted by Gasteiger charge is -2.08. The zero-order valence-electron chi connectivity index (χ0n) is 13.1. The van der Waals surface area contributed by atoms with Crippen LogP contribution in [-0.2, 0) is 11.3 Å². The molecule has 0 fully saturated rings. The molecule has 0 atom stereocenters. The molecule has 3 rings (SSSR count). The molecule has 0 aliphatic heterocycles. The van der Waals surface area contributed by atoms with Crippen LogP contribution in [0.5, 0.6) is 5.75 Å². The lowest BCUT2D eigenvalue weighted by atomic mass is 10.2. The summed E-state index contributed by atoms with van der Waals surface area (Å²) >= 11 is 0. The van der Waals surface area contributed by atoms with Gasteiger partial charge in [0.25, 0.3) is 5.69 Å². The minimum atomic E-state index is -0.807. The van der Waals surface area contributed by atoms with Gasteiger partial charge in [-0.1, -0.05) is 6.07 Å². The fourth-order valence-electron chi connectivity index (χ4n) is 2.40. The molecule has 2 N–H and O–H groups in total. The number of amides is 1. The minimum absolute atomic E-state index is 0.0187. The van der Waals surface area contributed by atoms with E-state index in [2.05, 4.69) is 5.32 Å². The third kappa shape index (κ3) is 3.20. The van der Waals surface area contributed by atoms with Crippen LogP contribution in [0, 0.1) is 17.0 Å². The molecule has 128 valence electrons. The third-order valence-corrected chi connectivity index (χ3v) is 3.59. The second-order valence-electron chi connectivity index (χ2n) is 5.43. The summed E-state index contributed by atoms with van der Waals surface area (Å²) in [6, 6.07) is 8.44. The molecule has 0 saturated carbocycles. The van der Waals surface area contributed by atoms with Gasteiger partial charge in [-0.05, 0) is 30.7 Å². The SMILES string of the molecule is Cc1ccc(NC(=O)Cn2c(=O)oc3cc([N+](=O)[O-])ccc32)c(O)c1. The molecular formula is C16H13N3O6. The number of carbonyl (C=O) groups is 1. The van der Waals surface area contributed by atoms with E-state index in [1.54, 1.807) is 19.1 Å². The Morgan fingerprint density at radius 3 is 2.76 bits per heavy atom. The third-order valence-electron chi connectivity index (χ3n) is 3.59. The van der Waals surface area contributed by atoms with E-state index in [1.807, 2.05) is 0 Å². The van der Waals surface area contributed by atoms with E-state index in [4.69, 9.17) is 4.42 Å². The zero-order chi connectivity index (χ0) is 18.1. The first-order valence-corrected chi connectivity index (χ1v) is 7.22. The molecule has 9 nitrogen and oxygen atoms in total. The van der Waals surface area contributed by atoms with Crippen molar-refractivity contribution < 1.29 is 19.2 Å². The largest absolute Gasteiger partial charge is 0.506 e. The van der Waals surface area contributed by atoms with E-state index >= 15 is 0 Å². The first-order valence-electron chi connectivity index (χ1n) is 7.22. The first-order chi connectivity index (χ1) is 11.8. The number of oxazole rings is 1. The number of nitrogens with one attached hydrogen (secondary N) is 1. The Bertz CT molecular complexity index is 1050. The molecular weight excluding hydrogens is 330 g/mol. The normalized spacial score (nSPS) is 10.8. The van der Waals surface area contributed by atoms with Gasteiger partial charge in [0.1, 0.15) is 12.3 Å². The van der Waals surface area contributed by atoms with Crippen LogP contribution in [0.2, 0.25) is 0 Å². The van der Waals surface area contributed by atoms with E-state index in [0.29, 0.717) is 0 Å². The number of hydrogen-bond donors (Lipinski definition) is 2. The molecule has 1 heterocycles. The summed E-state index contributed by atoms with van der Waals surface area (Å²) in [5, 5.41) is 23.1. The van der Waals surface area contributed by atoms with E-state index in [0.717, 1.165) is 16.2 Å². The summed E-state index contributed by atoms with van der Waals surface area (Å²) in [5.41, 5.74) is 1.10. The van der Waals surface area contributed by atoms with Crippen molar-refractivity contribution in [1.29, 1.82) is 0 Å². The van der Waals surface area contributed by atoms with Gasteiger partial charge in [-0.25, -0.2) is 4.79 Å². The minimum Gasteiger partial charge on any atom is -0.506 e. The predicted octanol–water partition coefficient (Wildman–Crippen LogP) is 2.16. The smallest absolute Gasteiger partial charge is 0.420 e. The number of non-ortho nitro benzene ring substituents is 1. The van der Waals surface area contributed by atoms with Gasteiger partial charge >= 0.3 is 5.76 Å². The summed E-state index contributed by atoms with van der Waals surface area (Å²) in [6.07, 6.45) is 0. The molecule has 0 unspecified atom stereocenters. The van der Waals surface area contributed by atoms with E-state index in [9.17, 15) is 24.8 Å². The van der Waals surface area contributed by atoms with Gasteiger partial charge in [0, 0.05) is 6.07 Å². The van der Waals surface area contributed by atoms with Crippen molar-refractivity contribution in [2.45, 2.75) is 13.5 Å². The Morgan fingerprint density at radius 2 is 2.08 bits per heavy atom. The molecule has 0 saturated heterocycles. The number of hydrogen-bond acceptors (Lipinski definition) is 6. The van der Waals surface area contributed by atoms with Crippen LogP contribution in [0.15, 0.2) is 45.6 Å². The maximum Gasteiger partial charge on any atom is 0.420 e. The van der Waals surface area contributed by atoms with Crippen LogP contribution in [0.3, 0.4) is 0 Å². The quantitative estimate of drug-likeness (QED) is 0.424. The van der Waals surface area contributed by atoms with Crippen LogP contribution in [0.1, 0.15) is 5.56 Å². The molecule has 1 aromatic heterocycles. The Morgan fingerprint density at radius 1 is 1.32 bits per heavy atom. The fraction of sp³-hybridized carbons (Fsp3) is 0.125. The van der Waals surface area contributed by atoms with Crippen LogP contribution in [-0.4, -0.2) is 20.5 Å². The van der Waals surface area contributed by atoms with Gasteiger partial charge in [0.05, 0.1) is 22.2 Å². The summed E-state index contributed by atoms with van der Waals surface area (Å²) in [6.45, 7) is 1.43. The Kier molecular flexibility index (Phi) is 3.97. The summed E-state index contributed by atoms with van der Waals surface area (Å²) < 4.78 is 6.01. The number of aromatic nitrogens is 1. The van der Waals surface area contributed by atoms with Gasteiger partial charge in [-0.15, -0.1) is 0 Å². The molecule has 9 heteroatoms. The van der Waals surface area contributed by atoms with Crippen LogP contribution < -0.4 is 11.1 Å². The molecule has 0 aliphatic carbocycles. The maximum atomic E-state index is 12.2. The molecule has 0 radical (unpaired) electrons. The number of carbonyl (C=O) groups excluding carboxylic acids is 1. The highest BCUT2D eigenvalue weighted by Gasteiger charge is 2.16. The number of phenols is 1. The van der Waals surface area contributed by atoms with Crippen LogP contribution >= 0.6 is 0 Å². The lowest BCUT2D eigenvalue weighted by molar-refractivity contribution is -0.384. The number of aryl methyl sites for hydroxylation is 1. The number of benzene rings is 2. The lowest BCUT2D eigenvalue weighted by Crippen LogP contribution is -2.24. The summed E-state index contributed by atoms with van der Waals surface area (Å²) in [5.74, 6) is -1.45. The summed E-state index contributed by atoms with van der Waals surface area (Å²) in [4.78, 5) is 34.2. The molecule has 3 aromatic rings. The van der Waals surface area contributed by atoms with E-state index < -0.39 is 16.6 Å². The first kappa shape index (κ1) is 16.2. The van der Waals surface area contributed by atoms with Crippen molar-refractivity contribution in [2.75, 3.05) is 5.32 Å². The number of fused-ring (bicyclic) bond motifs is 1. The average molecular weight is 343 g/mol. The van der Waals surface area contributed by atoms with Crippen LogP contribution in [0.25, 0.3) is 11.1 Å². The Hall–Kier alpha value is -3.62. The zero-order valence-corrected chi connectivity index (χ0v) is 13.1. The number of aromatic hydroxyl groups is 1. The van der Waals surface area contributed by atoms with Crippen molar-refractivity contribution in [3.05, 3.63) is 62.6 Å². The predicted molar refractivity (Wildman–Crippen MR) is 88.6 cm³/mol. The van der Waals surface area contributed by atoms with E-state index in [-0.39, 0.29) is 34.8 Å². The Balaban J connectivity index is 1.87. The van der Waals surface area contributed by atoms with Gasteiger partial charge in [-0.2, -0.15) is 0 Å². The highest BCUT2D eigenvalue weighted by Crippen LogP contribution is 2.24. The summed E-state index contributed by atoms with van der Waals surface area (Å²) in [7, 11) is 0. The highest BCUT2D eigenvalue weighted by molar-refractivity contribution is 5.93. The van der Waals surface area contributed by atoms with Gasteiger partial charge in [0.2, 0.25) is 5.91 Å². The highest BCUT2D eigenvalue weighted by atomic mass is 16.6. The van der Waals surface area contributed by atoms with E-state index in [1.165, 1.54) is 18.2 Å². The molecule has 0 aliphatic rings. The standard InChI is InChI=1S/C16H13N3O6/c1-9-2-4-11(13(20)6-9)17-15(21)8-18-12-5-3-10(19(23)24)7-14(12)25-16(18)22/h2-7,20H,8H2,1H3,(H,17,21). The van der Waals surface area contributed by atoms with Crippen molar-refractivity contribution in [1.82, 2.24) is 4.57 Å². The van der Waals surface area contributed by atoms with Gasteiger partial charge in [0.15, 0.2) is 5.58 Å². The number of nitrogens with zero attached hydrogens (tertiary/aromatic N) is 2. The van der Waals surface area contributed by atoms with Crippen molar-refractivity contribution in [2.24, 2.45) is 0 Å². The molecule has 2 aromatic carbocycles. The molecule has 25 heavy (non-hydrogen) atoms. The van der Waals surface area contributed by atoms with Crippen LogP contribution in [0.4, 0.5) is 11.4 Å².